The Balaban J connectivity index is 1.64. The summed E-state index contributed by atoms with van der Waals surface area (Å²) in [5.41, 5.74) is 3.36. The normalized spacial score (nSPS) is 24.6. The van der Waals surface area contributed by atoms with Gasteiger partial charge in [0, 0.05) is 30.3 Å². The fourth-order valence-corrected chi connectivity index (χ4v) is 4.54. The third-order valence-electron chi connectivity index (χ3n) is 5.77. The number of rotatable bonds is 1. The smallest absolute Gasteiger partial charge is 0.248 e. The molecule has 5 heteroatoms. The molecule has 5 nitrogen and oxygen atoms in total. The monoisotopic (exact) mass is 331 g/mol. The van der Waals surface area contributed by atoms with Gasteiger partial charge in [0.2, 0.25) is 11.5 Å². The predicted octanol–water partition coefficient (Wildman–Crippen LogP) is 2.71. The maximum absolute atomic E-state index is 13.1. The van der Waals surface area contributed by atoms with Gasteiger partial charge < -0.3 is 9.88 Å². The average molecular weight is 331 g/mol. The van der Waals surface area contributed by atoms with Crippen LogP contribution in [0, 0.1) is 0 Å². The highest BCUT2D eigenvalue weighted by atomic mass is 16.2. The van der Waals surface area contributed by atoms with Gasteiger partial charge in [-0.25, -0.2) is 0 Å². The largest absolute Gasteiger partial charge is 0.329 e. The molecule has 124 valence electrons. The number of nitrogens with zero attached hydrogens (tertiary/aromatic N) is 2. The van der Waals surface area contributed by atoms with Crippen molar-refractivity contribution in [3.05, 3.63) is 70.3 Å². The zero-order chi connectivity index (χ0) is 17.2. The van der Waals surface area contributed by atoms with Gasteiger partial charge in [-0.1, -0.05) is 18.2 Å². The molecule has 5 rings (SSSR count). The molecular formula is C20H17N3O2. The van der Waals surface area contributed by atoms with Gasteiger partial charge in [-0.3, -0.25) is 14.6 Å². The van der Waals surface area contributed by atoms with Gasteiger partial charge in [0.25, 0.3) is 0 Å². The zero-order valence-electron chi connectivity index (χ0n) is 13.8. The number of anilines is 1. The first-order valence-corrected chi connectivity index (χ1v) is 8.45. The molecule has 1 N–H and O–H groups in total. The Morgan fingerprint density at radius 1 is 1.20 bits per heavy atom. The van der Waals surface area contributed by atoms with Crippen LogP contribution in [0.5, 0.6) is 0 Å². The number of carbonyl (C=O) groups excluding carboxylic acids is 1. The van der Waals surface area contributed by atoms with Gasteiger partial charge in [-0.15, -0.1) is 0 Å². The van der Waals surface area contributed by atoms with Crippen LogP contribution in [0.3, 0.4) is 0 Å². The molecule has 2 aliphatic rings. The number of aromatic nitrogens is 2. The summed E-state index contributed by atoms with van der Waals surface area (Å²) in [6.45, 7) is 0. The minimum atomic E-state index is -0.486. The number of likely N-dealkylation sites (N-methyl/N-ethyl adjacent to an activating group) is 1. The first kappa shape index (κ1) is 14.4. The summed E-state index contributed by atoms with van der Waals surface area (Å²) in [6.07, 6.45) is 4.96. The Kier molecular flexibility index (Phi) is 2.76. The summed E-state index contributed by atoms with van der Waals surface area (Å²) in [5.74, 6) is 0.374. The fourth-order valence-electron chi connectivity index (χ4n) is 4.54. The van der Waals surface area contributed by atoms with Gasteiger partial charge in [0.15, 0.2) is 0 Å². The zero-order valence-corrected chi connectivity index (χ0v) is 13.8. The lowest BCUT2D eigenvalue weighted by atomic mass is 9.57. The molecule has 1 spiro atoms. The molecule has 1 saturated carbocycles. The number of nitrogens with one attached hydrogen (secondary N) is 1. The van der Waals surface area contributed by atoms with Crippen LogP contribution < -0.4 is 10.5 Å². The fraction of sp³-hybridized carbons (Fsp3) is 0.250. The van der Waals surface area contributed by atoms with Crippen molar-refractivity contribution in [2.45, 2.75) is 24.2 Å². The van der Waals surface area contributed by atoms with Crippen molar-refractivity contribution in [2.24, 2.45) is 0 Å². The second kappa shape index (κ2) is 4.79. The second-order valence-electron chi connectivity index (χ2n) is 7.07. The number of hydrogen-bond donors (Lipinski definition) is 1. The minimum Gasteiger partial charge on any atom is -0.329 e. The van der Waals surface area contributed by atoms with Crippen LogP contribution in [0.2, 0.25) is 0 Å². The van der Waals surface area contributed by atoms with Crippen LogP contribution in [0.4, 0.5) is 5.69 Å². The Morgan fingerprint density at radius 2 is 2.00 bits per heavy atom. The minimum absolute atomic E-state index is 0.0941. The van der Waals surface area contributed by atoms with Crippen molar-refractivity contribution in [1.29, 1.82) is 0 Å². The van der Waals surface area contributed by atoms with Gasteiger partial charge >= 0.3 is 0 Å². The Hall–Kier alpha value is -2.95. The Labute approximate surface area is 144 Å². The van der Waals surface area contributed by atoms with E-state index in [1.165, 1.54) is 0 Å². The lowest BCUT2D eigenvalue weighted by molar-refractivity contribution is -0.126. The topological polar surface area (TPSA) is 66.1 Å². The number of amides is 1. The number of carbonyl (C=O) groups is 1. The van der Waals surface area contributed by atoms with E-state index in [0.29, 0.717) is 0 Å². The van der Waals surface area contributed by atoms with E-state index < -0.39 is 5.41 Å². The van der Waals surface area contributed by atoms with Crippen LogP contribution in [-0.2, 0) is 10.2 Å². The molecule has 25 heavy (non-hydrogen) atoms. The molecule has 1 aliphatic heterocycles. The van der Waals surface area contributed by atoms with Crippen LogP contribution in [-0.4, -0.2) is 22.9 Å². The summed E-state index contributed by atoms with van der Waals surface area (Å²) in [5, 5.41) is 1.06. The molecule has 0 atom stereocenters. The molecule has 1 amide bonds. The number of fused-ring (bicyclic) bond motifs is 4. The van der Waals surface area contributed by atoms with Crippen LogP contribution >= 0.6 is 0 Å². The molecule has 1 fully saturated rings. The maximum Gasteiger partial charge on any atom is 0.248 e. The number of benzene rings is 1. The number of hydrogen-bond acceptors (Lipinski definition) is 3. The van der Waals surface area contributed by atoms with E-state index in [2.05, 4.69) is 16.0 Å². The molecule has 0 radical (unpaired) electrons. The van der Waals surface area contributed by atoms with Gasteiger partial charge in [-0.2, -0.15) is 0 Å². The summed E-state index contributed by atoms with van der Waals surface area (Å²) >= 11 is 0. The first-order chi connectivity index (χ1) is 12.1. The van der Waals surface area contributed by atoms with Gasteiger partial charge in [-0.05, 0) is 36.5 Å². The molecule has 0 bridgehead atoms. The van der Waals surface area contributed by atoms with E-state index in [4.69, 9.17) is 0 Å². The third-order valence-corrected chi connectivity index (χ3v) is 5.77. The highest BCUT2D eigenvalue weighted by Crippen LogP contribution is 2.60. The Bertz CT molecular complexity index is 1080. The van der Waals surface area contributed by atoms with E-state index >= 15 is 0 Å². The van der Waals surface area contributed by atoms with Crippen molar-refractivity contribution >= 4 is 22.5 Å². The maximum atomic E-state index is 13.1. The van der Waals surface area contributed by atoms with Crippen molar-refractivity contribution in [1.82, 2.24) is 9.97 Å². The summed E-state index contributed by atoms with van der Waals surface area (Å²) < 4.78 is 0. The van der Waals surface area contributed by atoms with E-state index in [1.807, 2.05) is 37.5 Å². The van der Waals surface area contributed by atoms with Crippen molar-refractivity contribution in [2.75, 3.05) is 11.9 Å². The average Bonchev–Trinajstić information content (AvgIpc) is 2.82. The number of para-hydroxylation sites is 1. The molecule has 0 unspecified atom stereocenters. The highest BCUT2D eigenvalue weighted by Gasteiger charge is 2.58. The lowest BCUT2D eigenvalue weighted by Gasteiger charge is -2.44. The van der Waals surface area contributed by atoms with E-state index in [1.54, 1.807) is 17.2 Å². The third kappa shape index (κ3) is 1.81. The molecule has 3 heterocycles. The van der Waals surface area contributed by atoms with Crippen LogP contribution in [0.1, 0.15) is 29.9 Å². The highest BCUT2D eigenvalue weighted by molar-refractivity contribution is 6.12. The molecule has 1 aliphatic carbocycles. The molecule has 3 aromatic rings. The van der Waals surface area contributed by atoms with Crippen molar-refractivity contribution in [3.8, 4) is 0 Å². The number of H-pyrrole nitrogens is 1. The molecular weight excluding hydrogens is 314 g/mol. The van der Waals surface area contributed by atoms with Gasteiger partial charge in [0.05, 0.1) is 22.8 Å². The van der Waals surface area contributed by atoms with Crippen molar-refractivity contribution in [3.63, 3.8) is 0 Å². The van der Waals surface area contributed by atoms with E-state index in [0.717, 1.165) is 40.6 Å². The van der Waals surface area contributed by atoms with E-state index in [9.17, 15) is 9.59 Å². The van der Waals surface area contributed by atoms with E-state index in [-0.39, 0.29) is 17.4 Å². The number of aromatic amines is 1. The molecule has 0 saturated heterocycles. The molecule has 2 aromatic heterocycles. The summed E-state index contributed by atoms with van der Waals surface area (Å²) in [4.78, 5) is 33.6. The first-order valence-electron chi connectivity index (χ1n) is 8.45. The summed E-state index contributed by atoms with van der Waals surface area (Å²) in [6, 6.07) is 11.6. The van der Waals surface area contributed by atoms with Gasteiger partial charge in [0.1, 0.15) is 0 Å². The quantitative estimate of drug-likeness (QED) is 0.745. The summed E-state index contributed by atoms with van der Waals surface area (Å²) in [7, 11) is 1.83. The Morgan fingerprint density at radius 3 is 2.80 bits per heavy atom. The van der Waals surface area contributed by atoms with Crippen LogP contribution in [0.15, 0.2) is 53.6 Å². The number of pyridine rings is 2. The second-order valence-corrected chi connectivity index (χ2v) is 7.07. The lowest BCUT2D eigenvalue weighted by Crippen LogP contribution is -2.48. The molecule has 1 aromatic carbocycles. The predicted molar refractivity (Wildman–Crippen MR) is 95.9 cm³/mol. The SMILES string of the molecule is CN1C(=O)C2(CC(c3cc[nH]c(=O)c3)C2)c2c1cnc1ccccc21. The van der Waals surface area contributed by atoms with Crippen molar-refractivity contribution < 1.29 is 4.79 Å². The standard InChI is InChI=1S/C20H17N3O2/c1-23-16-11-22-15-5-3-2-4-14(15)18(16)20(19(23)25)9-13(10-20)12-6-7-21-17(24)8-12/h2-8,11,13H,9-10H2,1H3,(H,21,24). The van der Waals surface area contributed by atoms with Crippen LogP contribution in [0.25, 0.3) is 10.9 Å².